The van der Waals surface area contributed by atoms with E-state index in [-0.39, 0.29) is 18.7 Å². The third kappa shape index (κ3) is 2.28. The molecule has 2 aromatic heterocycles. The Morgan fingerprint density at radius 1 is 1.38 bits per heavy atom. The summed E-state index contributed by atoms with van der Waals surface area (Å²) in [5, 5.41) is 16.0. The van der Waals surface area contributed by atoms with E-state index in [0.717, 1.165) is 5.76 Å². The largest absolute Gasteiger partial charge is 0.481 e. The van der Waals surface area contributed by atoms with Gasteiger partial charge in [-0.25, -0.2) is 0 Å². The molecule has 0 radical (unpaired) electrons. The lowest BCUT2D eigenvalue weighted by atomic mass is 10.3. The highest BCUT2D eigenvalue weighted by Crippen LogP contribution is 2.20. The first-order valence-corrected chi connectivity index (χ1v) is 4.76. The fourth-order valence-corrected chi connectivity index (χ4v) is 1.22. The Kier molecular flexibility index (Phi) is 2.72. The molecule has 84 valence electrons. The van der Waals surface area contributed by atoms with Gasteiger partial charge >= 0.3 is 5.97 Å². The van der Waals surface area contributed by atoms with Crippen LogP contribution in [-0.2, 0) is 11.2 Å². The molecule has 2 heterocycles. The van der Waals surface area contributed by atoms with Crippen molar-refractivity contribution in [3.8, 4) is 11.7 Å². The molecule has 0 saturated carbocycles. The molecule has 2 aromatic rings. The van der Waals surface area contributed by atoms with E-state index < -0.39 is 5.97 Å². The van der Waals surface area contributed by atoms with Gasteiger partial charge in [-0.1, -0.05) is 0 Å². The summed E-state index contributed by atoms with van der Waals surface area (Å²) >= 11 is 0. The van der Waals surface area contributed by atoms with Crippen molar-refractivity contribution >= 4 is 5.97 Å². The first kappa shape index (κ1) is 10.4. The third-order valence-electron chi connectivity index (χ3n) is 1.97. The van der Waals surface area contributed by atoms with Gasteiger partial charge < -0.3 is 13.9 Å². The highest BCUT2D eigenvalue weighted by Gasteiger charge is 2.12. The Balaban J connectivity index is 2.10. The zero-order valence-electron chi connectivity index (χ0n) is 8.64. The highest BCUT2D eigenvalue weighted by molar-refractivity contribution is 5.66. The Hall–Kier alpha value is -2.11. The van der Waals surface area contributed by atoms with Crippen molar-refractivity contribution in [3.05, 3.63) is 23.8 Å². The number of carboxylic acids is 1. The van der Waals surface area contributed by atoms with Crippen molar-refractivity contribution in [1.82, 2.24) is 10.2 Å². The van der Waals surface area contributed by atoms with Gasteiger partial charge in [0.25, 0.3) is 5.89 Å². The monoisotopic (exact) mass is 222 g/mol. The minimum atomic E-state index is -0.895. The van der Waals surface area contributed by atoms with Crippen molar-refractivity contribution in [2.24, 2.45) is 0 Å². The standard InChI is InChI=1S/C10H10N2O4/c1-6-2-3-7(15-6)10-12-11-8(16-10)4-5-9(13)14/h2-3H,4-5H2,1H3,(H,13,14). The van der Waals surface area contributed by atoms with Crippen molar-refractivity contribution in [2.75, 3.05) is 0 Å². The van der Waals surface area contributed by atoms with Crippen LogP contribution in [0.15, 0.2) is 21.0 Å². The van der Waals surface area contributed by atoms with Gasteiger partial charge in [-0.2, -0.15) is 0 Å². The first-order valence-electron chi connectivity index (χ1n) is 4.76. The minimum absolute atomic E-state index is 0.0290. The molecular weight excluding hydrogens is 212 g/mol. The van der Waals surface area contributed by atoms with Gasteiger partial charge in [0, 0.05) is 6.42 Å². The molecule has 0 amide bonds. The topological polar surface area (TPSA) is 89.4 Å². The number of nitrogens with zero attached hydrogens (tertiary/aromatic N) is 2. The number of carboxylic acid groups (broad SMARTS) is 1. The van der Waals surface area contributed by atoms with Gasteiger partial charge in [0.1, 0.15) is 5.76 Å². The van der Waals surface area contributed by atoms with Crippen LogP contribution in [0.3, 0.4) is 0 Å². The fourth-order valence-electron chi connectivity index (χ4n) is 1.22. The second kappa shape index (κ2) is 4.18. The zero-order valence-corrected chi connectivity index (χ0v) is 8.64. The van der Waals surface area contributed by atoms with Gasteiger partial charge in [-0.3, -0.25) is 4.79 Å². The number of furan rings is 1. The molecule has 0 spiro atoms. The molecule has 0 atom stereocenters. The summed E-state index contributed by atoms with van der Waals surface area (Å²) < 4.78 is 10.6. The minimum Gasteiger partial charge on any atom is -0.481 e. The summed E-state index contributed by atoms with van der Waals surface area (Å²) in [5.74, 6) is 0.917. The van der Waals surface area contributed by atoms with E-state index in [1.54, 1.807) is 12.1 Å². The average Bonchev–Trinajstić information content (AvgIpc) is 2.83. The van der Waals surface area contributed by atoms with Crippen LogP contribution >= 0.6 is 0 Å². The maximum Gasteiger partial charge on any atom is 0.303 e. The predicted octanol–water partition coefficient (Wildman–Crippen LogP) is 1.66. The molecule has 0 bridgehead atoms. The maximum absolute atomic E-state index is 10.3. The maximum atomic E-state index is 10.3. The van der Waals surface area contributed by atoms with Crippen LogP contribution in [0.25, 0.3) is 11.7 Å². The smallest absolute Gasteiger partial charge is 0.303 e. The molecule has 0 unspecified atom stereocenters. The van der Waals surface area contributed by atoms with Crippen LogP contribution in [0.2, 0.25) is 0 Å². The normalized spacial score (nSPS) is 10.6. The molecule has 6 heteroatoms. The van der Waals surface area contributed by atoms with E-state index in [4.69, 9.17) is 13.9 Å². The van der Waals surface area contributed by atoms with Gasteiger partial charge in [-0.15, -0.1) is 10.2 Å². The number of aliphatic carboxylic acids is 1. The Labute approximate surface area is 90.9 Å². The lowest BCUT2D eigenvalue weighted by molar-refractivity contribution is -0.137. The summed E-state index contributed by atoms with van der Waals surface area (Å²) in [6, 6.07) is 3.51. The molecule has 0 aromatic carbocycles. The van der Waals surface area contributed by atoms with Crippen molar-refractivity contribution < 1.29 is 18.7 Å². The molecule has 0 aliphatic carbocycles. The summed E-state index contributed by atoms with van der Waals surface area (Å²) in [4.78, 5) is 10.3. The number of carbonyl (C=O) groups is 1. The molecule has 16 heavy (non-hydrogen) atoms. The number of rotatable bonds is 4. The Bertz CT molecular complexity index is 500. The summed E-state index contributed by atoms with van der Waals surface area (Å²) in [6.45, 7) is 1.81. The van der Waals surface area contributed by atoms with Gasteiger partial charge in [0.15, 0.2) is 5.76 Å². The van der Waals surface area contributed by atoms with Crippen molar-refractivity contribution in [2.45, 2.75) is 19.8 Å². The molecule has 1 N–H and O–H groups in total. The van der Waals surface area contributed by atoms with Crippen molar-refractivity contribution in [1.29, 1.82) is 0 Å². The summed E-state index contributed by atoms with van der Waals surface area (Å²) in [6.07, 6.45) is 0.195. The second-order valence-electron chi connectivity index (χ2n) is 3.30. The molecule has 0 aliphatic heterocycles. The van der Waals surface area contributed by atoms with Crippen LogP contribution in [0.1, 0.15) is 18.1 Å². The molecule has 0 fully saturated rings. The van der Waals surface area contributed by atoms with E-state index in [2.05, 4.69) is 10.2 Å². The molecule has 0 aliphatic rings. The van der Waals surface area contributed by atoms with Crippen LogP contribution < -0.4 is 0 Å². The quantitative estimate of drug-likeness (QED) is 0.845. The SMILES string of the molecule is Cc1ccc(-c2nnc(CCC(=O)O)o2)o1. The van der Waals surface area contributed by atoms with Gasteiger partial charge in [0.05, 0.1) is 6.42 Å². The summed E-state index contributed by atoms with van der Waals surface area (Å²) in [5.41, 5.74) is 0. The van der Waals surface area contributed by atoms with Gasteiger partial charge in [0.2, 0.25) is 5.89 Å². The van der Waals surface area contributed by atoms with Crippen LogP contribution in [-0.4, -0.2) is 21.3 Å². The average molecular weight is 222 g/mol. The Morgan fingerprint density at radius 2 is 2.19 bits per heavy atom. The van der Waals surface area contributed by atoms with E-state index in [0.29, 0.717) is 11.7 Å². The fraction of sp³-hybridized carbons (Fsp3) is 0.300. The van der Waals surface area contributed by atoms with Crippen LogP contribution in [0, 0.1) is 6.92 Å². The van der Waals surface area contributed by atoms with Crippen molar-refractivity contribution in [3.63, 3.8) is 0 Å². The molecule has 0 saturated heterocycles. The third-order valence-corrected chi connectivity index (χ3v) is 1.97. The van der Waals surface area contributed by atoms with E-state index >= 15 is 0 Å². The van der Waals surface area contributed by atoms with Crippen LogP contribution in [0.4, 0.5) is 0 Å². The second-order valence-corrected chi connectivity index (χ2v) is 3.30. The van der Waals surface area contributed by atoms with E-state index in [1.165, 1.54) is 0 Å². The first-order chi connectivity index (χ1) is 7.65. The van der Waals surface area contributed by atoms with E-state index in [1.807, 2.05) is 6.92 Å². The number of aromatic nitrogens is 2. The predicted molar refractivity (Wildman–Crippen MR) is 52.7 cm³/mol. The number of hydrogen-bond acceptors (Lipinski definition) is 5. The summed E-state index contributed by atoms with van der Waals surface area (Å²) in [7, 11) is 0. The molecule has 2 rings (SSSR count). The van der Waals surface area contributed by atoms with Crippen LogP contribution in [0.5, 0.6) is 0 Å². The lowest BCUT2D eigenvalue weighted by Crippen LogP contribution is -1.97. The molecular formula is C10H10N2O4. The Morgan fingerprint density at radius 3 is 2.81 bits per heavy atom. The zero-order chi connectivity index (χ0) is 11.5. The number of hydrogen-bond donors (Lipinski definition) is 1. The number of aryl methyl sites for hydroxylation is 2. The lowest BCUT2D eigenvalue weighted by Gasteiger charge is -1.89. The van der Waals surface area contributed by atoms with E-state index in [9.17, 15) is 4.79 Å². The molecule has 6 nitrogen and oxygen atoms in total. The highest BCUT2D eigenvalue weighted by atomic mass is 16.4. The van der Waals surface area contributed by atoms with Gasteiger partial charge in [-0.05, 0) is 19.1 Å².